The van der Waals surface area contributed by atoms with Crippen LogP contribution in [0.5, 0.6) is 0 Å². The van der Waals surface area contributed by atoms with Crippen LogP contribution in [0.4, 0.5) is 5.69 Å². The molecule has 0 spiro atoms. The molecule has 0 unspecified atom stereocenters. The van der Waals surface area contributed by atoms with Crippen molar-refractivity contribution in [2.45, 2.75) is 22.9 Å². The fraction of sp³-hybridized carbons (Fsp3) is 0.208. The van der Waals surface area contributed by atoms with Crippen molar-refractivity contribution in [1.82, 2.24) is 4.31 Å². The molecule has 0 aromatic heterocycles. The molecule has 2 heterocycles. The zero-order valence-electron chi connectivity index (χ0n) is 16.7. The molecule has 3 aromatic rings. The highest BCUT2D eigenvalue weighted by atomic mass is 32.2. The lowest BCUT2D eigenvalue weighted by molar-refractivity contribution is 0.0276. The van der Waals surface area contributed by atoms with E-state index in [1.807, 2.05) is 42.5 Å². The summed E-state index contributed by atoms with van der Waals surface area (Å²) in [6, 6.07) is 23.8. The van der Waals surface area contributed by atoms with Crippen LogP contribution in [0.15, 0.2) is 89.8 Å². The number of para-hydroxylation sites is 1. The number of aliphatic hydroxyl groups is 1. The SMILES string of the molecule is O=C(c1ccccc1)N1C[C@@H]2[C@H](c3ccccc31)[C@H](CO)N2S(=O)(=O)c1ccccc1. The van der Waals surface area contributed by atoms with Crippen LogP contribution in [-0.2, 0) is 10.0 Å². The van der Waals surface area contributed by atoms with E-state index in [0.717, 1.165) is 11.3 Å². The summed E-state index contributed by atoms with van der Waals surface area (Å²) >= 11 is 0. The highest BCUT2D eigenvalue weighted by Gasteiger charge is 2.58. The van der Waals surface area contributed by atoms with Crippen LogP contribution in [0.1, 0.15) is 21.8 Å². The van der Waals surface area contributed by atoms with Gasteiger partial charge in [-0.2, -0.15) is 4.31 Å². The molecular weight excluding hydrogens is 412 g/mol. The van der Waals surface area contributed by atoms with E-state index in [0.29, 0.717) is 5.56 Å². The number of rotatable bonds is 4. The molecule has 3 atom stereocenters. The zero-order chi connectivity index (χ0) is 21.6. The summed E-state index contributed by atoms with van der Waals surface area (Å²) in [4.78, 5) is 15.2. The molecular formula is C24H22N2O4S. The first kappa shape index (κ1) is 19.9. The molecule has 1 saturated heterocycles. The van der Waals surface area contributed by atoms with E-state index in [1.165, 1.54) is 4.31 Å². The summed E-state index contributed by atoms with van der Waals surface area (Å²) in [5.74, 6) is -0.337. The Labute approximate surface area is 181 Å². The fourth-order valence-corrected chi connectivity index (χ4v) is 6.67. The van der Waals surface area contributed by atoms with Gasteiger partial charge in [0.15, 0.2) is 0 Å². The molecule has 0 bridgehead atoms. The molecule has 7 heteroatoms. The lowest BCUT2D eigenvalue weighted by atomic mass is 9.74. The Morgan fingerprint density at radius 1 is 0.903 bits per heavy atom. The minimum Gasteiger partial charge on any atom is -0.395 e. The van der Waals surface area contributed by atoms with Gasteiger partial charge >= 0.3 is 0 Å². The molecule has 3 aromatic carbocycles. The molecule has 31 heavy (non-hydrogen) atoms. The summed E-state index contributed by atoms with van der Waals surface area (Å²) in [5.41, 5.74) is 2.21. The van der Waals surface area contributed by atoms with Gasteiger partial charge in [0.05, 0.1) is 23.6 Å². The maximum absolute atomic E-state index is 13.4. The number of carbonyl (C=O) groups is 1. The van der Waals surface area contributed by atoms with E-state index in [1.54, 1.807) is 47.4 Å². The molecule has 2 aliphatic rings. The molecule has 158 valence electrons. The van der Waals surface area contributed by atoms with Gasteiger partial charge in [-0.1, -0.05) is 54.6 Å². The van der Waals surface area contributed by atoms with E-state index in [2.05, 4.69) is 0 Å². The van der Waals surface area contributed by atoms with Crippen LogP contribution in [0, 0.1) is 0 Å². The van der Waals surface area contributed by atoms with Gasteiger partial charge in [-0.05, 0) is 35.9 Å². The third-order valence-electron chi connectivity index (χ3n) is 6.21. The van der Waals surface area contributed by atoms with Gasteiger partial charge < -0.3 is 10.0 Å². The Bertz CT molecular complexity index is 1210. The monoisotopic (exact) mass is 434 g/mol. The van der Waals surface area contributed by atoms with E-state index in [-0.39, 0.29) is 29.9 Å². The molecule has 2 aliphatic heterocycles. The predicted octanol–water partition coefficient (Wildman–Crippen LogP) is 2.86. The number of aliphatic hydroxyl groups excluding tert-OH is 1. The molecule has 1 N–H and O–H groups in total. The molecule has 6 nitrogen and oxygen atoms in total. The quantitative estimate of drug-likeness (QED) is 0.685. The molecule has 0 radical (unpaired) electrons. The van der Waals surface area contributed by atoms with Crippen molar-refractivity contribution in [3.63, 3.8) is 0 Å². The van der Waals surface area contributed by atoms with E-state index >= 15 is 0 Å². The first-order chi connectivity index (χ1) is 15.0. The van der Waals surface area contributed by atoms with Crippen LogP contribution < -0.4 is 4.90 Å². The van der Waals surface area contributed by atoms with Gasteiger partial charge in [0.2, 0.25) is 10.0 Å². The normalized spacial score (nSPS) is 22.9. The van der Waals surface area contributed by atoms with Gasteiger partial charge in [0.1, 0.15) is 0 Å². The van der Waals surface area contributed by atoms with Crippen molar-refractivity contribution < 1.29 is 18.3 Å². The second-order valence-electron chi connectivity index (χ2n) is 7.83. The van der Waals surface area contributed by atoms with Crippen LogP contribution in [-0.4, -0.2) is 49.0 Å². The lowest BCUT2D eigenvalue weighted by Crippen LogP contribution is -2.70. The number of benzene rings is 3. The van der Waals surface area contributed by atoms with E-state index in [4.69, 9.17) is 0 Å². The fourth-order valence-electron chi connectivity index (χ4n) is 4.82. The molecule has 5 rings (SSSR count). The minimum absolute atomic E-state index is 0.167. The van der Waals surface area contributed by atoms with Crippen LogP contribution >= 0.6 is 0 Å². The van der Waals surface area contributed by atoms with Crippen molar-refractivity contribution in [3.05, 3.63) is 96.1 Å². The van der Waals surface area contributed by atoms with Crippen LogP contribution in [0.3, 0.4) is 0 Å². The smallest absolute Gasteiger partial charge is 0.258 e. The predicted molar refractivity (Wildman–Crippen MR) is 117 cm³/mol. The third-order valence-corrected chi connectivity index (χ3v) is 8.18. The number of nitrogens with zero attached hydrogens (tertiary/aromatic N) is 2. The molecule has 1 amide bonds. The number of carbonyl (C=O) groups excluding carboxylic acids is 1. The summed E-state index contributed by atoms with van der Waals surface area (Å²) in [6.45, 7) is -0.0494. The third kappa shape index (κ3) is 3.08. The maximum Gasteiger partial charge on any atom is 0.258 e. The van der Waals surface area contributed by atoms with Gasteiger partial charge in [0, 0.05) is 23.7 Å². The molecule has 1 fully saturated rings. The average molecular weight is 435 g/mol. The van der Waals surface area contributed by atoms with Crippen LogP contribution in [0.2, 0.25) is 0 Å². The summed E-state index contributed by atoms with van der Waals surface area (Å²) in [5, 5.41) is 10.1. The van der Waals surface area contributed by atoms with Crippen molar-refractivity contribution in [2.75, 3.05) is 18.1 Å². The number of hydrogen-bond donors (Lipinski definition) is 1. The van der Waals surface area contributed by atoms with Gasteiger partial charge in [-0.25, -0.2) is 8.42 Å². The second-order valence-corrected chi connectivity index (χ2v) is 9.67. The Kier molecular flexibility index (Phi) is 4.89. The number of sulfonamides is 1. The number of hydrogen-bond acceptors (Lipinski definition) is 4. The standard InChI is InChI=1S/C24H22N2O4S/c27-16-22-23-19-13-7-8-14-20(19)25(24(28)17-9-3-1-4-10-17)15-21(23)26(22)31(29,30)18-11-5-2-6-12-18/h1-14,21-23,27H,15-16H2/t21-,22+,23+/m1/s1. The Balaban J connectivity index is 1.58. The van der Waals surface area contributed by atoms with Crippen LogP contribution in [0.25, 0.3) is 0 Å². The lowest BCUT2D eigenvalue weighted by Gasteiger charge is -2.57. The summed E-state index contributed by atoms with van der Waals surface area (Å²) in [7, 11) is -3.81. The van der Waals surface area contributed by atoms with E-state index < -0.39 is 22.1 Å². The average Bonchev–Trinajstić information content (AvgIpc) is 2.80. The first-order valence-corrected chi connectivity index (χ1v) is 11.6. The Morgan fingerprint density at radius 2 is 1.52 bits per heavy atom. The highest BCUT2D eigenvalue weighted by Crippen LogP contribution is 2.50. The number of anilines is 1. The number of fused-ring (bicyclic) bond motifs is 3. The van der Waals surface area contributed by atoms with Gasteiger partial charge in [-0.3, -0.25) is 4.79 Å². The molecule has 0 aliphatic carbocycles. The Morgan fingerprint density at radius 3 is 2.19 bits per heavy atom. The topological polar surface area (TPSA) is 77.9 Å². The summed E-state index contributed by atoms with van der Waals surface area (Å²) in [6.07, 6.45) is 0. The zero-order valence-corrected chi connectivity index (χ0v) is 17.5. The minimum atomic E-state index is -3.81. The number of amides is 1. The van der Waals surface area contributed by atoms with Crippen molar-refractivity contribution >= 4 is 21.6 Å². The highest BCUT2D eigenvalue weighted by molar-refractivity contribution is 7.89. The van der Waals surface area contributed by atoms with Crippen molar-refractivity contribution in [1.29, 1.82) is 0 Å². The first-order valence-electron chi connectivity index (χ1n) is 10.2. The Hall–Kier alpha value is -3.00. The summed E-state index contributed by atoms with van der Waals surface area (Å²) < 4.78 is 28.2. The van der Waals surface area contributed by atoms with Crippen molar-refractivity contribution in [3.8, 4) is 0 Å². The van der Waals surface area contributed by atoms with Crippen molar-refractivity contribution in [2.24, 2.45) is 0 Å². The maximum atomic E-state index is 13.4. The molecule has 0 saturated carbocycles. The van der Waals surface area contributed by atoms with Gasteiger partial charge in [-0.15, -0.1) is 0 Å². The van der Waals surface area contributed by atoms with Gasteiger partial charge in [0.25, 0.3) is 5.91 Å². The second kappa shape index (κ2) is 7.60. The van der Waals surface area contributed by atoms with E-state index in [9.17, 15) is 18.3 Å². The largest absolute Gasteiger partial charge is 0.395 e.